The molecule has 0 bridgehead atoms. The van der Waals surface area contributed by atoms with E-state index in [1.807, 2.05) is 30.3 Å². The maximum absolute atomic E-state index is 12.2. The molecule has 2 amide bonds. The maximum Gasteiger partial charge on any atom is 0.328 e. The molecule has 0 heterocycles. The summed E-state index contributed by atoms with van der Waals surface area (Å²) in [5.41, 5.74) is 1.35. The van der Waals surface area contributed by atoms with Crippen LogP contribution in [0.15, 0.2) is 54.6 Å². The van der Waals surface area contributed by atoms with E-state index in [2.05, 4.69) is 10.6 Å². The second-order valence-corrected chi connectivity index (χ2v) is 6.07. The lowest BCUT2D eigenvalue weighted by Gasteiger charge is -2.16. The van der Waals surface area contributed by atoms with Gasteiger partial charge in [0.05, 0.1) is 14.2 Å². The first-order valence-corrected chi connectivity index (χ1v) is 8.87. The molecule has 0 spiro atoms. The molecule has 2 aromatic rings. The molecule has 0 radical (unpaired) electrons. The highest BCUT2D eigenvalue weighted by molar-refractivity contribution is 5.94. The smallest absolute Gasteiger partial charge is 0.328 e. The van der Waals surface area contributed by atoms with Crippen molar-refractivity contribution in [2.75, 3.05) is 20.8 Å². The molecule has 0 saturated heterocycles. The van der Waals surface area contributed by atoms with Crippen molar-refractivity contribution < 1.29 is 23.9 Å². The zero-order valence-corrected chi connectivity index (χ0v) is 15.9. The first kappa shape index (κ1) is 21.0. The van der Waals surface area contributed by atoms with Crippen LogP contribution in [0.3, 0.4) is 0 Å². The Balaban J connectivity index is 1.85. The second-order valence-electron chi connectivity index (χ2n) is 6.07. The predicted molar refractivity (Wildman–Crippen MR) is 104 cm³/mol. The van der Waals surface area contributed by atoms with Crippen molar-refractivity contribution >= 4 is 17.8 Å². The van der Waals surface area contributed by atoms with Crippen molar-refractivity contribution in [1.82, 2.24) is 10.6 Å². The topological polar surface area (TPSA) is 93.7 Å². The zero-order chi connectivity index (χ0) is 20.4. The van der Waals surface area contributed by atoms with Gasteiger partial charge in [0.1, 0.15) is 11.8 Å². The van der Waals surface area contributed by atoms with Crippen molar-refractivity contribution in [2.45, 2.75) is 18.9 Å². The third kappa shape index (κ3) is 6.42. The summed E-state index contributed by atoms with van der Waals surface area (Å²) >= 11 is 0. The summed E-state index contributed by atoms with van der Waals surface area (Å²) in [5.74, 6) is -0.595. The first-order valence-electron chi connectivity index (χ1n) is 8.87. The number of rotatable bonds is 9. The normalized spacial score (nSPS) is 11.2. The molecule has 0 aliphatic heterocycles. The zero-order valence-electron chi connectivity index (χ0n) is 15.9. The average molecular weight is 384 g/mol. The monoisotopic (exact) mass is 384 g/mol. The number of carbonyl (C=O) groups excluding carboxylic acids is 3. The van der Waals surface area contributed by atoms with E-state index in [0.29, 0.717) is 17.7 Å². The standard InChI is InChI=1S/C21H24N2O5/c1-27-17-10-6-9-16(14-17)20(25)22-12-11-19(24)23-18(21(26)28-2)13-15-7-4-3-5-8-15/h3-10,14,18H,11-13H2,1-2H3,(H,22,25)(H,23,24)/t18-/m0/s1. The summed E-state index contributed by atoms with van der Waals surface area (Å²) in [6.07, 6.45) is 0.368. The fraction of sp³-hybridized carbons (Fsp3) is 0.286. The SMILES string of the molecule is COC(=O)[C@H](Cc1ccccc1)NC(=O)CCNC(=O)c1cccc(OC)c1. The van der Waals surface area contributed by atoms with E-state index in [4.69, 9.17) is 9.47 Å². The van der Waals surface area contributed by atoms with E-state index in [-0.39, 0.29) is 24.8 Å². The van der Waals surface area contributed by atoms with Crippen LogP contribution in [0.5, 0.6) is 5.75 Å². The minimum Gasteiger partial charge on any atom is -0.497 e. The molecule has 148 valence electrons. The van der Waals surface area contributed by atoms with Gasteiger partial charge in [-0.2, -0.15) is 0 Å². The Morgan fingerprint density at radius 2 is 1.75 bits per heavy atom. The molecule has 0 fully saturated rings. The van der Waals surface area contributed by atoms with Crippen LogP contribution in [-0.2, 0) is 20.7 Å². The number of amides is 2. The molecule has 7 nitrogen and oxygen atoms in total. The lowest BCUT2D eigenvalue weighted by molar-refractivity contribution is -0.145. The van der Waals surface area contributed by atoms with Crippen LogP contribution >= 0.6 is 0 Å². The number of hydrogen-bond donors (Lipinski definition) is 2. The summed E-state index contributed by atoms with van der Waals surface area (Å²) < 4.78 is 9.86. The number of ether oxygens (including phenoxy) is 2. The van der Waals surface area contributed by atoms with Gasteiger partial charge in [-0.25, -0.2) is 4.79 Å². The quantitative estimate of drug-likeness (QED) is 0.642. The van der Waals surface area contributed by atoms with Crippen LogP contribution in [0.2, 0.25) is 0 Å². The Hall–Kier alpha value is -3.35. The van der Waals surface area contributed by atoms with Crippen LogP contribution in [0, 0.1) is 0 Å². The molecule has 0 saturated carbocycles. The van der Waals surface area contributed by atoms with Crippen molar-refractivity contribution in [3.63, 3.8) is 0 Å². The first-order chi connectivity index (χ1) is 13.5. The maximum atomic E-state index is 12.2. The third-order valence-electron chi connectivity index (χ3n) is 4.07. The van der Waals surface area contributed by atoms with Gasteiger partial charge in [-0.1, -0.05) is 36.4 Å². The van der Waals surface area contributed by atoms with E-state index in [0.717, 1.165) is 5.56 Å². The molecule has 1 atom stereocenters. The molecule has 2 N–H and O–H groups in total. The Bertz CT molecular complexity index is 807. The summed E-state index contributed by atoms with van der Waals surface area (Å²) in [6, 6.07) is 15.3. The van der Waals surface area contributed by atoms with Crippen molar-refractivity contribution in [3.05, 3.63) is 65.7 Å². The molecule has 7 heteroatoms. The molecular formula is C21H24N2O5. The van der Waals surface area contributed by atoms with Crippen molar-refractivity contribution in [3.8, 4) is 5.75 Å². The van der Waals surface area contributed by atoms with Gasteiger partial charge >= 0.3 is 5.97 Å². The van der Waals surface area contributed by atoms with Gasteiger partial charge in [-0.15, -0.1) is 0 Å². The summed E-state index contributed by atoms with van der Waals surface area (Å²) in [5, 5.41) is 5.34. The highest BCUT2D eigenvalue weighted by Gasteiger charge is 2.21. The average Bonchev–Trinajstić information content (AvgIpc) is 2.73. The van der Waals surface area contributed by atoms with Crippen molar-refractivity contribution in [2.24, 2.45) is 0 Å². The highest BCUT2D eigenvalue weighted by atomic mass is 16.5. The Morgan fingerprint density at radius 3 is 2.43 bits per heavy atom. The minimum absolute atomic E-state index is 0.0397. The number of methoxy groups -OCH3 is 2. The largest absolute Gasteiger partial charge is 0.497 e. The van der Waals surface area contributed by atoms with Gasteiger partial charge in [-0.3, -0.25) is 9.59 Å². The Morgan fingerprint density at radius 1 is 1.00 bits per heavy atom. The van der Waals surface area contributed by atoms with E-state index in [1.165, 1.54) is 14.2 Å². The third-order valence-corrected chi connectivity index (χ3v) is 4.07. The van der Waals surface area contributed by atoms with Gasteiger partial charge in [-0.05, 0) is 23.8 Å². The van der Waals surface area contributed by atoms with Crippen LogP contribution in [-0.4, -0.2) is 44.6 Å². The lowest BCUT2D eigenvalue weighted by atomic mass is 10.1. The van der Waals surface area contributed by atoms with Gasteiger partial charge in [0, 0.05) is 24.9 Å². The number of esters is 1. The number of hydrogen-bond acceptors (Lipinski definition) is 5. The molecule has 0 aromatic heterocycles. The van der Waals surface area contributed by atoms with Crippen LogP contribution in [0.1, 0.15) is 22.3 Å². The Labute approximate surface area is 164 Å². The second kappa shape index (κ2) is 10.7. The van der Waals surface area contributed by atoms with Gasteiger partial charge in [0.25, 0.3) is 5.91 Å². The number of carbonyl (C=O) groups is 3. The molecule has 0 aliphatic rings. The van der Waals surface area contributed by atoms with E-state index < -0.39 is 12.0 Å². The van der Waals surface area contributed by atoms with Gasteiger partial charge in [0.2, 0.25) is 5.91 Å². The highest BCUT2D eigenvalue weighted by Crippen LogP contribution is 2.12. The van der Waals surface area contributed by atoms with E-state index >= 15 is 0 Å². The molecular weight excluding hydrogens is 360 g/mol. The van der Waals surface area contributed by atoms with Crippen LogP contribution in [0.4, 0.5) is 0 Å². The molecule has 0 aliphatic carbocycles. The van der Waals surface area contributed by atoms with E-state index in [9.17, 15) is 14.4 Å². The Kier molecular flexibility index (Phi) is 8.02. The fourth-order valence-corrected chi connectivity index (χ4v) is 2.61. The van der Waals surface area contributed by atoms with Gasteiger partial charge in [0.15, 0.2) is 0 Å². The lowest BCUT2D eigenvalue weighted by Crippen LogP contribution is -2.44. The fourth-order valence-electron chi connectivity index (χ4n) is 2.61. The summed E-state index contributed by atoms with van der Waals surface area (Å²) in [4.78, 5) is 36.3. The van der Waals surface area contributed by atoms with Crippen molar-refractivity contribution in [1.29, 1.82) is 0 Å². The summed E-state index contributed by atoms with van der Waals surface area (Å²) in [6.45, 7) is 0.140. The summed E-state index contributed by atoms with van der Waals surface area (Å²) in [7, 11) is 2.80. The molecule has 0 unspecified atom stereocenters. The van der Waals surface area contributed by atoms with Crippen LogP contribution in [0.25, 0.3) is 0 Å². The number of benzene rings is 2. The molecule has 2 rings (SSSR count). The minimum atomic E-state index is -0.783. The predicted octanol–water partition coefficient (Wildman–Crippen LogP) is 1.72. The van der Waals surface area contributed by atoms with E-state index in [1.54, 1.807) is 24.3 Å². The molecule has 28 heavy (non-hydrogen) atoms. The number of nitrogens with one attached hydrogen (secondary N) is 2. The van der Waals surface area contributed by atoms with Gasteiger partial charge < -0.3 is 20.1 Å². The molecule has 2 aromatic carbocycles. The van der Waals surface area contributed by atoms with Crippen LogP contribution < -0.4 is 15.4 Å².